The molecule has 0 aliphatic heterocycles. The molecule has 0 aliphatic rings. The maximum Gasteiger partial charge on any atom is 0.141 e. The predicted octanol–water partition coefficient (Wildman–Crippen LogP) is 2.03. The van der Waals surface area contributed by atoms with E-state index in [9.17, 15) is 0 Å². The highest BCUT2D eigenvalue weighted by molar-refractivity contribution is 6.32. The Kier molecular flexibility index (Phi) is 5.98. The topological polar surface area (TPSA) is 25.8 Å². The lowest BCUT2D eigenvalue weighted by molar-refractivity contribution is -0.652. The highest BCUT2D eigenvalue weighted by atomic mass is 35.5. The summed E-state index contributed by atoms with van der Waals surface area (Å²) in [6, 6.07) is 5.81. The van der Waals surface area contributed by atoms with Crippen LogP contribution in [0.25, 0.3) is 0 Å². The number of hydrogen-bond acceptors (Lipinski definition) is 1. The van der Waals surface area contributed by atoms with E-state index in [2.05, 4.69) is 18.8 Å². The predicted molar refractivity (Wildman–Crippen MR) is 68.2 cm³/mol. The van der Waals surface area contributed by atoms with E-state index in [4.69, 9.17) is 16.3 Å². The van der Waals surface area contributed by atoms with Gasteiger partial charge in [-0.1, -0.05) is 29.8 Å². The number of nitrogens with two attached hydrogens (primary N) is 1. The summed E-state index contributed by atoms with van der Waals surface area (Å²) in [7, 11) is 0. The lowest BCUT2D eigenvalue weighted by Crippen LogP contribution is -2.84. The average Bonchev–Trinajstić information content (AvgIpc) is 2.28. The Hall–Kier alpha value is -0.990. The quantitative estimate of drug-likeness (QED) is 0.573. The van der Waals surface area contributed by atoms with Gasteiger partial charge < -0.3 is 10.1 Å². The molecule has 0 heterocycles. The lowest BCUT2D eigenvalue weighted by Gasteiger charge is -2.11. The van der Waals surface area contributed by atoms with Crippen LogP contribution in [0, 0.1) is 0 Å². The van der Waals surface area contributed by atoms with Gasteiger partial charge in [0.05, 0.1) is 11.6 Å². The van der Waals surface area contributed by atoms with Crippen molar-refractivity contribution in [3.8, 4) is 5.75 Å². The molecule has 3 heteroatoms. The standard InChI is InChI=1S/C13H18ClNO/c1-3-6-11-7-5-8-12(14)13(11)16-10-9-15-4-2/h3,5,7-8,15H,1,4,6,9-10H2,2H3/p+1. The third kappa shape index (κ3) is 3.87. The fraction of sp³-hybridized carbons (Fsp3) is 0.385. The van der Waals surface area contributed by atoms with E-state index in [0.717, 1.165) is 30.8 Å². The van der Waals surface area contributed by atoms with Gasteiger partial charge in [0.25, 0.3) is 0 Å². The number of ether oxygens (including phenoxy) is 1. The first kappa shape index (κ1) is 13.1. The maximum absolute atomic E-state index is 6.11. The van der Waals surface area contributed by atoms with E-state index in [1.165, 1.54) is 0 Å². The highest BCUT2D eigenvalue weighted by Gasteiger charge is 2.07. The molecule has 0 radical (unpaired) electrons. The zero-order valence-corrected chi connectivity index (χ0v) is 10.5. The Morgan fingerprint density at radius 3 is 3.00 bits per heavy atom. The molecular formula is C13H19ClNO+. The van der Waals surface area contributed by atoms with E-state index in [-0.39, 0.29) is 0 Å². The molecule has 0 aromatic heterocycles. The molecule has 1 aromatic rings. The third-order valence-electron chi connectivity index (χ3n) is 2.27. The number of rotatable bonds is 7. The van der Waals surface area contributed by atoms with Crippen LogP contribution in [-0.4, -0.2) is 19.7 Å². The van der Waals surface area contributed by atoms with Crippen molar-refractivity contribution >= 4 is 11.6 Å². The van der Waals surface area contributed by atoms with Gasteiger partial charge in [-0.2, -0.15) is 0 Å². The molecule has 2 N–H and O–H groups in total. The van der Waals surface area contributed by atoms with Gasteiger partial charge in [0, 0.05) is 0 Å². The van der Waals surface area contributed by atoms with Crippen LogP contribution in [-0.2, 0) is 6.42 Å². The van der Waals surface area contributed by atoms with Crippen molar-refractivity contribution in [1.29, 1.82) is 0 Å². The third-order valence-corrected chi connectivity index (χ3v) is 2.57. The zero-order chi connectivity index (χ0) is 11.8. The van der Waals surface area contributed by atoms with Crippen LogP contribution in [0.3, 0.4) is 0 Å². The summed E-state index contributed by atoms with van der Waals surface area (Å²) in [5.41, 5.74) is 1.10. The van der Waals surface area contributed by atoms with E-state index in [1.807, 2.05) is 24.3 Å². The fourth-order valence-electron chi connectivity index (χ4n) is 1.48. The van der Waals surface area contributed by atoms with Crippen LogP contribution in [0.2, 0.25) is 5.02 Å². The number of para-hydroxylation sites is 1. The molecule has 1 aromatic carbocycles. The monoisotopic (exact) mass is 240 g/mol. The molecule has 0 bridgehead atoms. The highest BCUT2D eigenvalue weighted by Crippen LogP contribution is 2.28. The summed E-state index contributed by atoms with van der Waals surface area (Å²) >= 11 is 6.11. The fourth-order valence-corrected chi connectivity index (χ4v) is 1.73. The van der Waals surface area contributed by atoms with Crippen molar-refractivity contribution in [2.75, 3.05) is 19.7 Å². The Morgan fingerprint density at radius 2 is 2.31 bits per heavy atom. The smallest absolute Gasteiger partial charge is 0.141 e. The van der Waals surface area contributed by atoms with Gasteiger partial charge in [0.2, 0.25) is 0 Å². The average molecular weight is 241 g/mol. The van der Waals surface area contributed by atoms with Crippen molar-refractivity contribution in [3.63, 3.8) is 0 Å². The maximum atomic E-state index is 6.11. The molecule has 0 aliphatic carbocycles. The van der Waals surface area contributed by atoms with Gasteiger partial charge in [0.1, 0.15) is 18.9 Å². The zero-order valence-electron chi connectivity index (χ0n) is 9.71. The van der Waals surface area contributed by atoms with Crippen molar-refractivity contribution in [1.82, 2.24) is 0 Å². The first-order valence-corrected chi connectivity index (χ1v) is 6.00. The number of likely N-dealkylation sites (N-methyl/N-ethyl adjacent to an activating group) is 1. The van der Waals surface area contributed by atoms with Crippen LogP contribution >= 0.6 is 11.6 Å². The minimum absolute atomic E-state index is 0.677. The summed E-state index contributed by atoms with van der Waals surface area (Å²) in [6.07, 6.45) is 2.64. The molecule has 0 atom stereocenters. The molecule has 0 unspecified atom stereocenters. The van der Waals surface area contributed by atoms with Gasteiger partial charge in [-0.3, -0.25) is 0 Å². The van der Waals surface area contributed by atoms with Crippen LogP contribution in [0.4, 0.5) is 0 Å². The van der Waals surface area contributed by atoms with Crippen molar-refractivity contribution in [3.05, 3.63) is 41.4 Å². The van der Waals surface area contributed by atoms with Gasteiger partial charge in [-0.05, 0) is 25.0 Å². The second-order valence-electron chi connectivity index (χ2n) is 3.55. The van der Waals surface area contributed by atoms with Gasteiger partial charge >= 0.3 is 0 Å². The van der Waals surface area contributed by atoms with E-state index < -0.39 is 0 Å². The normalized spacial score (nSPS) is 10.1. The molecule has 2 nitrogen and oxygen atoms in total. The Balaban J connectivity index is 2.64. The number of quaternary nitrogens is 1. The number of allylic oxidation sites excluding steroid dienone is 1. The van der Waals surface area contributed by atoms with Gasteiger partial charge in [-0.25, -0.2) is 0 Å². The van der Waals surface area contributed by atoms with E-state index in [1.54, 1.807) is 0 Å². The van der Waals surface area contributed by atoms with Crippen LogP contribution in [0.5, 0.6) is 5.75 Å². The molecule has 0 fully saturated rings. The Bertz CT molecular complexity index is 339. The molecule has 16 heavy (non-hydrogen) atoms. The molecule has 0 amide bonds. The van der Waals surface area contributed by atoms with Crippen LogP contribution in [0.1, 0.15) is 12.5 Å². The first-order chi connectivity index (χ1) is 7.79. The first-order valence-electron chi connectivity index (χ1n) is 5.62. The van der Waals surface area contributed by atoms with Gasteiger partial charge in [-0.15, -0.1) is 6.58 Å². The summed E-state index contributed by atoms with van der Waals surface area (Å²) in [6.45, 7) is 8.57. The second kappa shape index (κ2) is 7.31. The molecular weight excluding hydrogens is 222 g/mol. The molecule has 0 saturated heterocycles. The van der Waals surface area contributed by atoms with Crippen LogP contribution < -0.4 is 10.1 Å². The SMILES string of the molecule is C=CCc1cccc(Cl)c1OCC[NH2+]CC. The summed E-state index contributed by atoms with van der Waals surface area (Å²) < 4.78 is 5.71. The number of hydrogen-bond donors (Lipinski definition) is 1. The van der Waals surface area contributed by atoms with Crippen molar-refractivity contribution < 1.29 is 10.1 Å². The lowest BCUT2D eigenvalue weighted by atomic mass is 10.1. The molecule has 88 valence electrons. The Labute approximate surface area is 102 Å². The molecule has 1 rings (SSSR count). The summed E-state index contributed by atoms with van der Waals surface area (Å²) in [5, 5.41) is 2.88. The number of halogens is 1. The molecule has 0 spiro atoms. The second-order valence-corrected chi connectivity index (χ2v) is 3.96. The molecule has 0 saturated carbocycles. The number of benzene rings is 1. The minimum atomic E-state index is 0.677. The summed E-state index contributed by atoms with van der Waals surface area (Å²) in [4.78, 5) is 0. The van der Waals surface area contributed by atoms with Crippen LogP contribution in [0.15, 0.2) is 30.9 Å². The minimum Gasteiger partial charge on any atom is -0.486 e. The summed E-state index contributed by atoms with van der Waals surface area (Å²) in [5.74, 6) is 0.800. The Morgan fingerprint density at radius 1 is 1.50 bits per heavy atom. The van der Waals surface area contributed by atoms with Crippen molar-refractivity contribution in [2.24, 2.45) is 0 Å². The van der Waals surface area contributed by atoms with Gasteiger partial charge in [0.15, 0.2) is 0 Å². The van der Waals surface area contributed by atoms with Crippen molar-refractivity contribution in [2.45, 2.75) is 13.3 Å². The van der Waals surface area contributed by atoms with E-state index >= 15 is 0 Å². The van der Waals surface area contributed by atoms with E-state index in [0.29, 0.717) is 11.6 Å². The largest absolute Gasteiger partial charge is 0.486 e.